The summed E-state index contributed by atoms with van der Waals surface area (Å²) in [6.07, 6.45) is 0.890. The lowest BCUT2D eigenvalue weighted by Crippen LogP contribution is -2.40. The van der Waals surface area contributed by atoms with E-state index in [2.05, 4.69) is 12.2 Å². The molecule has 20 heavy (non-hydrogen) atoms. The van der Waals surface area contributed by atoms with E-state index in [0.29, 0.717) is 18.4 Å². The van der Waals surface area contributed by atoms with Crippen LogP contribution in [0.1, 0.15) is 23.7 Å². The monoisotopic (exact) mass is 296 g/mol. The van der Waals surface area contributed by atoms with Crippen molar-refractivity contribution in [3.05, 3.63) is 34.6 Å². The highest BCUT2D eigenvalue weighted by atomic mass is 35.5. The summed E-state index contributed by atoms with van der Waals surface area (Å²) in [5.41, 5.74) is 0.0144. The molecule has 2 aliphatic heterocycles. The topological polar surface area (TPSA) is 32.3 Å². The van der Waals surface area contributed by atoms with Gasteiger partial charge in [-0.2, -0.15) is 0 Å². The highest BCUT2D eigenvalue weighted by Gasteiger charge is 2.45. The van der Waals surface area contributed by atoms with Crippen LogP contribution < -0.4 is 5.32 Å². The van der Waals surface area contributed by atoms with Gasteiger partial charge in [0.05, 0.1) is 10.6 Å². The molecule has 1 amide bonds. The minimum Gasteiger partial charge on any atom is -0.335 e. The molecule has 0 radical (unpaired) electrons. The van der Waals surface area contributed by atoms with Crippen LogP contribution in [0.4, 0.5) is 4.39 Å². The highest BCUT2D eigenvalue weighted by molar-refractivity contribution is 6.33. The molecule has 2 aliphatic rings. The van der Waals surface area contributed by atoms with E-state index in [1.54, 1.807) is 6.07 Å². The number of halogens is 2. The molecule has 0 aliphatic carbocycles. The van der Waals surface area contributed by atoms with Crippen molar-refractivity contribution in [2.45, 2.75) is 19.4 Å². The van der Waals surface area contributed by atoms with Gasteiger partial charge in [0.15, 0.2) is 0 Å². The Morgan fingerprint density at radius 1 is 1.50 bits per heavy atom. The second-order valence-corrected chi connectivity index (χ2v) is 6.02. The first-order chi connectivity index (χ1) is 9.63. The molecule has 3 unspecified atom stereocenters. The molecule has 1 N–H and O–H groups in total. The summed E-state index contributed by atoms with van der Waals surface area (Å²) in [4.78, 5) is 14.5. The van der Waals surface area contributed by atoms with Crippen molar-refractivity contribution in [2.75, 3.05) is 19.6 Å². The average Bonchev–Trinajstić information content (AvgIpc) is 2.97. The third-order valence-corrected chi connectivity index (χ3v) is 4.89. The Hall–Kier alpha value is -1.13. The van der Waals surface area contributed by atoms with Crippen molar-refractivity contribution in [2.24, 2.45) is 11.8 Å². The minimum atomic E-state index is -0.535. The van der Waals surface area contributed by atoms with E-state index >= 15 is 0 Å². The molecule has 3 nitrogen and oxygen atoms in total. The maximum atomic E-state index is 13.9. The Balaban J connectivity index is 1.91. The van der Waals surface area contributed by atoms with Crippen LogP contribution in [-0.4, -0.2) is 36.5 Å². The third-order valence-electron chi connectivity index (χ3n) is 4.57. The van der Waals surface area contributed by atoms with Crippen LogP contribution in [0.2, 0.25) is 5.02 Å². The number of carbonyl (C=O) groups excluding carboxylic acids is 1. The first-order valence-corrected chi connectivity index (χ1v) is 7.47. The van der Waals surface area contributed by atoms with Gasteiger partial charge >= 0.3 is 0 Å². The number of benzene rings is 1. The third kappa shape index (κ3) is 2.11. The molecule has 2 saturated heterocycles. The number of carbonyl (C=O) groups is 1. The van der Waals surface area contributed by atoms with Gasteiger partial charge in [-0.15, -0.1) is 0 Å². The number of nitrogens with one attached hydrogen (secondary N) is 1. The normalized spacial score (nSPS) is 28.8. The van der Waals surface area contributed by atoms with Gasteiger partial charge in [-0.1, -0.05) is 24.6 Å². The summed E-state index contributed by atoms with van der Waals surface area (Å²) in [6.45, 7) is 4.65. The van der Waals surface area contributed by atoms with E-state index in [9.17, 15) is 9.18 Å². The zero-order valence-electron chi connectivity index (χ0n) is 11.4. The zero-order valence-corrected chi connectivity index (χ0v) is 12.2. The summed E-state index contributed by atoms with van der Waals surface area (Å²) in [6, 6.07) is 4.56. The lowest BCUT2D eigenvalue weighted by molar-refractivity contribution is 0.0707. The fourth-order valence-corrected chi connectivity index (χ4v) is 3.87. The predicted molar refractivity (Wildman–Crippen MR) is 76.4 cm³/mol. The van der Waals surface area contributed by atoms with E-state index in [1.165, 1.54) is 12.1 Å². The van der Waals surface area contributed by atoms with Crippen molar-refractivity contribution < 1.29 is 9.18 Å². The van der Waals surface area contributed by atoms with Gasteiger partial charge in [-0.05, 0) is 30.4 Å². The minimum absolute atomic E-state index is 0.0144. The standard InChI is InChI=1S/C15H18ClFN2O/c1-2-13-10-7-18-6-9(10)8-19(13)15(20)14-11(16)4-3-5-12(14)17/h3-5,9-10,13,18H,2,6-8H2,1H3. The largest absolute Gasteiger partial charge is 0.335 e. The number of amides is 1. The number of nitrogens with zero attached hydrogens (tertiary/aromatic N) is 1. The molecule has 1 aromatic carbocycles. The first-order valence-electron chi connectivity index (χ1n) is 7.09. The van der Waals surface area contributed by atoms with Crippen molar-refractivity contribution in [1.29, 1.82) is 0 Å². The van der Waals surface area contributed by atoms with Gasteiger partial charge in [0.2, 0.25) is 0 Å². The summed E-state index contributed by atoms with van der Waals surface area (Å²) in [5, 5.41) is 3.57. The maximum Gasteiger partial charge on any atom is 0.258 e. The highest BCUT2D eigenvalue weighted by Crippen LogP contribution is 2.36. The van der Waals surface area contributed by atoms with Gasteiger partial charge in [0, 0.05) is 25.7 Å². The molecular formula is C15H18ClFN2O. The van der Waals surface area contributed by atoms with Crippen LogP contribution in [0.5, 0.6) is 0 Å². The summed E-state index contributed by atoms with van der Waals surface area (Å²) in [5.74, 6) is 0.158. The Labute approximate surface area is 123 Å². The molecule has 3 atom stereocenters. The fraction of sp³-hybridized carbons (Fsp3) is 0.533. The van der Waals surface area contributed by atoms with Crippen LogP contribution in [0.25, 0.3) is 0 Å². The number of fused-ring (bicyclic) bond motifs is 1. The predicted octanol–water partition coefficient (Wildman–Crippen LogP) is 2.55. The zero-order chi connectivity index (χ0) is 14.3. The van der Waals surface area contributed by atoms with Crippen molar-refractivity contribution in [3.63, 3.8) is 0 Å². The van der Waals surface area contributed by atoms with Gasteiger partial charge in [-0.25, -0.2) is 4.39 Å². The molecule has 3 rings (SSSR count). The van der Waals surface area contributed by atoms with Gasteiger partial charge in [0.1, 0.15) is 5.82 Å². The molecule has 5 heteroatoms. The van der Waals surface area contributed by atoms with Crippen LogP contribution in [0.15, 0.2) is 18.2 Å². The molecule has 2 fully saturated rings. The van der Waals surface area contributed by atoms with Crippen LogP contribution >= 0.6 is 11.6 Å². The SMILES string of the molecule is CCC1C2CNCC2CN1C(=O)c1c(F)cccc1Cl. The van der Waals surface area contributed by atoms with E-state index in [-0.39, 0.29) is 22.5 Å². The molecule has 0 aromatic heterocycles. The number of likely N-dealkylation sites (tertiary alicyclic amines) is 1. The number of rotatable bonds is 2. The summed E-state index contributed by atoms with van der Waals surface area (Å²) < 4.78 is 13.9. The molecule has 0 saturated carbocycles. The lowest BCUT2D eigenvalue weighted by atomic mass is 9.93. The first kappa shape index (κ1) is 13.8. The quantitative estimate of drug-likeness (QED) is 0.910. The smallest absolute Gasteiger partial charge is 0.258 e. The van der Waals surface area contributed by atoms with Crippen molar-refractivity contribution in [3.8, 4) is 0 Å². The van der Waals surface area contributed by atoms with Crippen LogP contribution in [0, 0.1) is 17.7 Å². The van der Waals surface area contributed by atoms with Gasteiger partial charge in [0.25, 0.3) is 5.91 Å². The Morgan fingerprint density at radius 3 is 3.00 bits per heavy atom. The van der Waals surface area contributed by atoms with E-state index in [4.69, 9.17) is 11.6 Å². The lowest BCUT2D eigenvalue weighted by Gasteiger charge is -2.27. The van der Waals surface area contributed by atoms with E-state index in [1.807, 2.05) is 4.90 Å². The van der Waals surface area contributed by atoms with Crippen molar-refractivity contribution >= 4 is 17.5 Å². The average molecular weight is 297 g/mol. The fourth-order valence-electron chi connectivity index (χ4n) is 3.63. The van der Waals surface area contributed by atoms with Crippen LogP contribution in [-0.2, 0) is 0 Å². The second-order valence-electron chi connectivity index (χ2n) is 5.61. The Bertz CT molecular complexity index is 516. The van der Waals surface area contributed by atoms with Gasteiger partial charge < -0.3 is 10.2 Å². The van der Waals surface area contributed by atoms with E-state index in [0.717, 1.165) is 19.5 Å². The summed E-state index contributed by atoms with van der Waals surface area (Å²) >= 11 is 6.01. The Morgan fingerprint density at radius 2 is 2.30 bits per heavy atom. The summed E-state index contributed by atoms with van der Waals surface area (Å²) in [7, 11) is 0. The van der Waals surface area contributed by atoms with Crippen molar-refractivity contribution in [1.82, 2.24) is 10.2 Å². The number of hydrogen-bond donors (Lipinski definition) is 1. The molecule has 2 heterocycles. The van der Waals surface area contributed by atoms with E-state index < -0.39 is 5.82 Å². The van der Waals surface area contributed by atoms with Crippen LogP contribution in [0.3, 0.4) is 0 Å². The van der Waals surface area contributed by atoms with Gasteiger partial charge in [-0.3, -0.25) is 4.79 Å². The molecule has 0 bridgehead atoms. The molecule has 0 spiro atoms. The molecular weight excluding hydrogens is 279 g/mol. The second kappa shape index (κ2) is 5.34. The number of hydrogen-bond acceptors (Lipinski definition) is 2. The maximum absolute atomic E-state index is 13.9. The Kier molecular flexibility index (Phi) is 3.69. The molecule has 1 aromatic rings. The molecule has 108 valence electrons.